The van der Waals surface area contributed by atoms with Crippen LogP contribution in [-0.2, 0) is 0 Å². The van der Waals surface area contributed by atoms with E-state index in [1.807, 2.05) is 31.2 Å². The molecule has 0 aliphatic carbocycles. The number of carbonyl (C=O) groups is 1. The summed E-state index contributed by atoms with van der Waals surface area (Å²) in [6, 6.07) is 15.6. The molecule has 2 aromatic carbocycles. The Morgan fingerprint density at radius 2 is 1.76 bits per heavy atom. The van der Waals surface area contributed by atoms with Crippen LogP contribution in [0.1, 0.15) is 47.3 Å². The molecular weight excluding hydrogens is 504 g/mol. The highest BCUT2D eigenvalue weighted by atomic mass is 35.5. The summed E-state index contributed by atoms with van der Waals surface area (Å²) in [5.41, 5.74) is 4.02. The second-order valence-corrected chi connectivity index (χ2v) is 10.3. The van der Waals surface area contributed by atoms with E-state index in [1.165, 1.54) is 0 Å². The summed E-state index contributed by atoms with van der Waals surface area (Å²) in [7, 11) is 0. The Hall–Kier alpha value is -3.42. The molecule has 9 nitrogen and oxygen atoms in total. The van der Waals surface area contributed by atoms with Crippen LogP contribution in [0, 0.1) is 18.3 Å². The van der Waals surface area contributed by atoms with E-state index >= 15 is 0 Å². The number of amides is 1. The van der Waals surface area contributed by atoms with Crippen molar-refractivity contribution >= 4 is 28.9 Å². The summed E-state index contributed by atoms with van der Waals surface area (Å²) in [5, 5.41) is 27.6. The molecule has 3 aromatic rings. The van der Waals surface area contributed by atoms with Gasteiger partial charge in [-0.15, -0.1) is 0 Å². The van der Waals surface area contributed by atoms with Crippen LogP contribution in [0.4, 0.5) is 11.4 Å². The van der Waals surface area contributed by atoms with Crippen molar-refractivity contribution < 1.29 is 15.4 Å². The average Bonchev–Trinajstić information content (AvgIpc) is 3.31. The van der Waals surface area contributed by atoms with Crippen LogP contribution in [-0.4, -0.2) is 69.5 Å². The van der Waals surface area contributed by atoms with Crippen LogP contribution in [0.25, 0.3) is 5.69 Å². The highest BCUT2D eigenvalue weighted by Crippen LogP contribution is 2.29. The molecule has 2 fully saturated rings. The molecule has 1 amide bonds. The normalized spacial score (nSPS) is 17.1. The topological polar surface area (TPSA) is 129 Å². The number of carbonyl (C=O) groups excluding carboxylic acids is 1. The van der Waals surface area contributed by atoms with Crippen molar-refractivity contribution in [1.29, 1.82) is 5.26 Å². The Bertz CT molecular complexity index is 1300. The Morgan fingerprint density at radius 3 is 2.42 bits per heavy atom. The van der Waals surface area contributed by atoms with Crippen LogP contribution in [0.15, 0.2) is 48.7 Å². The number of piperidine rings is 2. The van der Waals surface area contributed by atoms with E-state index in [0.29, 0.717) is 33.6 Å². The minimum absolute atomic E-state index is 0. The average molecular weight is 537 g/mol. The number of aliphatic hydroxyl groups is 1. The van der Waals surface area contributed by atoms with Crippen LogP contribution < -0.4 is 10.2 Å². The van der Waals surface area contributed by atoms with Crippen molar-refractivity contribution in [2.75, 3.05) is 36.4 Å². The first-order valence-electron chi connectivity index (χ1n) is 12.8. The summed E-state index contributed by atoms with van der Waals surface area (Å²) < 4.78 is 1.70. The van der Waals surface area contributed by atoms with Gasteiger partial charge in [0, 0.05) is 42.9 Å². The van der Waals surface area contributed by atoms with Gasteiger partial charge in [-0.2, -0.15) is 10.4 Å². The number of likely N-dealkylation sites (tertiary alicyclic amines) is 1. The smallest absolute Gasteiger partial charge is 0.259 e. The number of hydrogen-bond acceptors (Lipinski definition) is 6. The molecule has 5 rings (SSSR count). The van der Waals surface area contributed by atoms with E-state index < -0.39 is 0 Å². The first-order chi connectivity index (χ1) is 17.9. The Morgan fingerprint density at radius 1 is 1.08 bits per heavy atom. The van der Waals surface area contributed by atoms with Crippen LogP contribution >= 0.6 is 11.6 Å². The molecule has 0 bridgehead atoms. The number of hydrogen-bond donors (Lipinski definition) is 2. The molecule has 1 aromatic heterocycles. The highest BCUT2D eigenvalue weighted by molar-refractivity contribution is 6.30. The molecule has 4 N–H and O–H groups in total. The van der Waals surface area contributed by atoms with Gasteiger partial charge in [-0.3, -0.25) is 4.79 Å². The molecular formula is C28H33ClN6O3. The van der Waals surface area contributed by atoms with Gasteiger partial charge in [-0.05, 0) is 75.1 Å². The largest absolute Gasteiger partial charge is 0.412 e. The monoisotopic (exact) mass is 536 g/mol. The van der Waals surface area contributed by atoms with Gasteiger partial charge in [-0.25, -0.2) is 4.68 Å². The van der Waals surface area contributed by atoms with Crippen LogP contribution in [0.3, 0.4) is 0 Å². The standard InChI is InChI=1S/C28H31ClN6O2.H2O/c1-19-26(18-31-35(19)24-5-2-21(29)3-6-24)28(37)32-22-4-7-27(20(16-22)17-30)34-12-8-23(9-13-34)33-14-10-25(36)11-15-33;/h2-7,16,18,23,25,36H,8-15H2,1H3,(H,32,37);1H2. The number of anilines is 2. The van der Waals surface area contributed by atoms with Crippen molar-refractivity contribution in [3.63, 3.8) is 0 Å². The summed E-state index contributed by atoms with van der Waals surface area (Å²) in [4.78, 5) is 17.8. The van der Waals surface area contributed by atoms with Gasteiger partial charge >= 0.3 is 0 Å². The van der Waals surface area contributed by atoms with Gasteiger partial charge in [0.1, 0.15) is 6.07 Å². The molecule has 200 valence electrons. The molecule has 10 heteroatoms. The predicted octanol–water partition coefficient (Wildman–Crippen LogP) is 3.56. The third-order valence-corrected chi connectivity index (χ3v) is 7.77. The van der Waals surface area contributed by atoms with E-state index in [0.717, 1.165) is 63.2 Å². The molecule has 3 heterocycles. The minimum Gasteiger partial charge on any atom is -0.412 e. The molecule has 2 aliphatic rings. The fourth-order valence-corrected chi connectivity index (χ4v) is 5.50. The number of aromatic nitrogens is 2. The van der Waals surface area contributed by atoms with E-state index in [-0.39, 0.29) is 17.5 Å². The number of nitrogens with zero attached hydrogens (tertiary/aromatic N) is 5. The number of halogens is 1. The lowest BCUT2D eigenvalue weighted by atomic mass is 9.98. The van der Waals surface area contributed by atoms with Gasteiger partial charge in [0.15, 0.2) is 0 Å². The van der Waals surface area contributed by atoms with E-state index in [1.54, 1.807) is 29.1 Å². The van der Waals surface area contributed by atoms with E-state index in [4.69, 9.17) is 11.6 Å². The van der Waals surface area contributed by atoms with E-state index in [2.05, 4.69) is 26.3 Å². The van der Waals surface area contributed by atoms with Gasteiger partial charge in [0.05, 0.1) is 40.5 Å². The summed E-state index contributed by atoms with van der Waals surface area (Å²) in [6.07, 6.45) is 5.18. The summed E-state index contributed by atoms with van der Waals surface area (Å²) in [6.45, 7) is 5.53. The lowest BCUT2D eigenvalue weighted by Gasteiger charge is -2.42. The zero-order valence-corrected chi connectivity index (χ0v) is 22.2. The second-order valence-electron chi connectivity index (χ2n) is 9.82. The number of rotatable bonds is 5. The van der Waals surface area contributed by atoms with Gasteiger partial charge in [0.25, 0.3) is 5.91 Å². The van der Waals surface area contributed by atoms with Crippen LogP contribution in [0.5, 0.6) is 0 Å². The maximum atomic E-state index is 13.0. The summed E-state index contributed by atoms with van der Waals surface area (Å²) in [5.74, 6) is -0.276. The minimum atomic E-state index is -0.276. The van der Waals surface area contributed by atoms with Crippen molar-refractivity contribution in [2.24, 2.45) is 0 Å². The fraction of sp³-hybridized carbons (Fsp3) is 0.393. The SMILES string of the molecule is Cc1c(C(=O)Nc2ccc(N3CCC(N4CCC(O)CC4)CC3)c(C#N)c2)cnn1-c1ccc(Cl)cc1.O. The molecule has 0 saturated carbocycles. The summed E-state index contributed by atoms with van der Waals surface area (Å²) >= 11 is 5.98. The second kappa shape index (κ2) is 12.0. The molecule has 38 heavy (non-hydrogen) atoms. The number of nitrogens with one attached hydrogen (secondary N) is 1. The molecule has 0 atom stereocenters. The van der Waals surface area contributed by atoms with Gasteiger partial charge in [-0.1, -0.05) is 11.6 Å². The molecule has 0 unspecified atom stereocenters. The molecule has 2 aliphatic heterocycles. The predicted molar refractivity (Wildman–Crippen MR) is 148 cm³/mol. The number of aliphatic hydroxyl groups excluding tert-OH is 1. The third kappa shape index (κ3) is 5.84. The first kappa shape index (κ1) is 27.6. The van der Waals surface area contributed by atoms with Crippen molar-refractivity contribution in [3.8, 4) is 11.8 Å². The van der Waals surface area contributed by atoms with Crippen molar-refractivity contribution in [3.05, 3.63) is 70.5 Å². The third-order valence-electron chi connectivity index (χ3n) is 7.52. The zero-order chi connectivity index (χ0) is 25.9. The quantitative estimate of drug-likeness (QED) is 0.513. The molecule has 0 radical (unpaired) electrons. The molecule has 2 saturated heterocycles. The van der Waals surface area contributed by atoms with Crippen LogP contribution in [0.2, 0.25) is 5.02 Å². The Kier molecular flexibility index (Phi) is 8.69. The number of nitriles is 1. The Balaban J connectivity index is 0.00000336. The zero-order valence-electron chi connectivity index (χ0n) is 21.4. The fourth-order valence-electron chi connectivity index (χ4n) is 5.38. The van der Waals surface area contributed by atoms with E-state index in [9.17, 15) is 15.2 Å². The van der Waals surface area contributed by atoms with Gasteiger partial charge in [0.2, 0.25) is 0 Å². The molecule has 0 spiro atoms. The highest BCUT2D eigenvalue weighted by Gasteiger charge is 2.28. The lowest BCUT2D eigenvalue weighted by molar-refractivity contribution is 0.0542. The lowest BCUT2D eigenvalue weighted by Crippen LogP contribution is -2.48. The maximum absolute atomic E-state index is 13.0. The van der Waals surface area contributed by atoms with Gasteiger partial charge < -0.3 is 25.7 Å². The van der Waals surface area contributed by atoms with Crippen molar-refractivity contribution in [1.82, 2.24) is 14.7 Å². The maximum Gasteiger partial charge on any atom is 0.259 e. The Labute approximate surface area is 227 Å². The number of benzene rings is 2. The van der Waals surface area contributed by atoms with Crippen molar-refractivity contribution in [2.45, 2.75) is 44.8 Å². The first-order valence-corrected chi connectivity index (χ1v) is 13.1.